The highest BCUT2D eigenvalue weighted by Gasteiger charge is 2.54. The van der Waals surface area contributed by atoms with Gasteiger partial charge in [0.25, 0.3) is 0 Å². The van der Waals surface area contributed by atoms with Crippen LogP contribution in [0.25, 0.3) is 0 Å². The number of anilines is 1. The van der Waals surface area contributed by atoms with Gasteiger partial charge in [0.15, 0.2) is 0 Å². The molecule has 124 valence electrons. The summed E-state index contributed by atoms with van der Waals surface area (Å²) in [6.07, 6.45) is 11.2. The van der Waals surface area contributed by atoms with Gasteiger partial charge in [-0.1, -0.05) is 25.5 Å². The van der Waals surface area contributed by atoms with Crippen molar-refractivity contribution in [1.29, 1.82) is 0 Å². The van der Waals surface area contributed by atoms with Crippen LogP contribution < -0.4 is 5.32 Å². The highest BCUT2D eigenvalue weighted by Crippen LogP contribution is 2.60. The molecule has 4 aliphatic rings. The number of benzene rings is 1. The first-order valence-corrected chi connectivity index (χ1v) is 9.57. The number of unbranched alkanes of at least 4 members (excludes halogenated alkanes) is 1. The van der Waals surface area contributed by atoms with Crippen LogP contribution in [0.2, 0.25) is 0 Å². The molecule has 0 aromatic heterocycles. The van der Waals surface area contributed by atoms with Crippen LogP contribution in [0, 0.1) is 23.2 Å². The summed E-state index contributed by atoms with van der Waals surface area (Å²) in [5.41, 5.74) is 2.31. The van der Waals surface area contributed by atoms with E-state index in [1.807, 2.05) is 0 Å². The average Bonchev–Trinajstić information content (AvgIpc) is 2.53. The van der Waals surface area contributed by atoms with Gasteiger partial charge in [-0.15, -0.1) is 0 Å². The topological polar surface area (TPSA) is 29.1 Å². The van der Waals surface area contributed by atoms with Crippen LogP contribution in [-0.2, 0) is 11.2 Å². The SMILES string of the molecule is CCCCc1ccc(NC(=O)C23CC4CC(CC(C4)C2)C3)cc1. The van der Waals surface area contributed by atoms with Gasteiger partial charge in [0.05, 0.1) is 5.41 Å². The van der Waals surface area contributed by atoms with Crippen LogP contribution in [0.1, 0.15) is 63.9 Å². The van der Waals surface area contributed by atoms with Crippen LogP contribution >= 0.6 is 0 Å². The maximum absolute atomic E-state index is 13.0. The minimum absolute atomic E-state index is 0.0460. The number of carbonyl (C=O) groups excluding carboxylic acids is 1. The van der Waals surface area contributed by atoms with Crippen molar-refractivity contribution in [3.8, 4) is 0 Å². The third kappa shape index (κ3) is 2.93. The van der Waals surface area contributed by atoms with Gasteiger partial charge in [0, 0.05) is 5.69 Å². The number of carbonyl (C=O) groups is 1. The smallest absolute Gasteiger partial charge is 0.230 e. The van der Waals surface area contributed by atoms with E-state index in [2.05, 4.69) is 36.5 Å². The molecule has 0 atom stereocenters. The van der Waals surface area contributed by atoms with Gasteiger partial charge in [-0.05, 0) is 86.8 Å². The van der Waals surface area contributed by atoms with Crippen molar-refractivity contribution in [3.63, 3.8) is 0 Å². The van der Waals surface area contributed by atoms with Crippen molar-refractivity contribution in [3.05, 3.63) is 29.8 Å². The zero-order valence-corrected chi connectivity index (χ0v) is 14.3. The third-order valence-electron chi connectivity index (χ3n) is 6.55. The van der Waals surface area contributed by atoms with Crippen molar-refractivity contribution in [2.45, 2.75) is 64.7 Å². The lowest BCUT2D eigenvalue weighted by molar-refractivity contribution is -0.140. The van der Waals surface area contributed by atoms with Gasteiger partial charge in [0.2, 0.25) is 5.91 Å². The fourth-order valence-electron chi connectivity index (χ4n) is 5.79. The lowest BCUT2D eigenvalue weighted by Crippen LogP contribution is -2.51. The van der Waals surface area contributed by atoms with E-state index in [-0.39, 0.29) is 5.41 Å². The molecular weight excluding hydrogens is 282 g/mol. The number of aryl methyl sites for hydroxylation is 1. The number of amides is 1. The highest BCUT2D eigenvalue weighted by molar-refractivity contribution is 5.95. The van der Waals surface area contributed by atoms with Gasteiger partial charge >= 0.3 is 0 Å². The van der Waals surface area contributed by atoms with Crippen molar-refractivity contribution in [2.75, 3.05) is 5.32 Å². The van der Waals surface area contributed by atoms with E-state index >= 15 is 0 Å². The van der Waals surface area contributed by atoms with Gasteiger partial charge in [0.1, 0.15) is 0 Å². The predicted octanol–water partition coefficient (Wildman–Crippen LogP) is 5.18. The van der Waals surface area contributed by atoms with Crippen molar-refractivity contribution >= 4 is 11.6 Å². The maximum atomic E-state index is 13.0. The zero-order chi connectivity index (χ0) is 15.9. The normalized spacial score (nSPS) is 34.6. The Morgan fingerprint density at radius 2 is 1.61 bits per heavy atom. The lowest BCUT2D eigenvalue weighted by atomic mass is 9.49. The summed E-state index contributed by atoms with van der Waals surface area (Å²) in [5.74, 6) is 2.77. The average molecular weight is 311 g/mol. The Hall–Kier alpha value is -1.31. The number of hydrogen-bond acceptors (Lipinski definition) is 1. The largest absolute Gasteiger partial charge is 0.326 e. The summed E-state index contributed by atoms with van der Waals surface area (Å²) in [7, 11) is 0. The quantitative estimate of drug-likeness (QED) is 0.797. The Kier molecular flexibility index (Phi) is 3.95. The van der Waals surface area contributed by atoms with Crippen molar-refractivity contribution < 1.29 is 4.79 Å². The van der Waals surface area contributed by atoms with E-state index in [0.29, 0.717) is 5.91 Å². The fourth-order valence-corrected chi connectivity index (χ4v) is 5.79. The minimum Gasteiger partial charge on any atom is -0.326 e. The molecular formula is C21H29NO. The van der Waals surface area contributed by atoms with Gasteiger partial charge < -0.3 is 5.32 Å². The minimum atomic E-state index is -0.0460. The van der Waals surface area contributed by atoms with E-state index in [1.165, 1.54) is 37.7 Å². The molecule has 2 heteroatoms. The monoisotopic (exact) mass is 311 g/mol. The number of rotatable bonds is 5. The lowest BCUT2D eigenvalue weighted by Gasteiger charge is -2.55. The van der Waals surface area contributed by atoms with Crippen LogP contribution in [0.3, 0.4) is 0 Å². The van der Waals surface area contributed by atoms with Crippen molar-refractivity contribution in [1.82, 2.24) is 0 Å². The molecule has 1 N–H and O–H groups in total. The summed E-state index contributed by atoms with van der Waals surface area (Å²) in [4.78, 5) is 13.0. The second kappa shape index (κ2) is 5.96. The van der Waals surface area contributed by atoms with Gasteiger partial charge in [-0.25, -0.2) is 0 Å². The van der Waals surface area contributed by atoms with Crippen LogP contribution in [0.5, 0.6) is 0 Å². The molecule has 4 saturated carbocycles. The van der Waals surface area contributed by atoms with Gasteiger partial charge in [-0.2, -0.15) is 0 Å². The van der Waals surface area contributed by atoms with E-state index in [9.17, 15) is 4.79 Å². The van der Waals surface area contributed by atoms with Gasteiger partial charge in [-0.3, -0.25) is 4.79 Å². The molecule has 23 heavy (non-hydrogen) atoms. The first-order valence-electron chi connectivity index (χ1n) is 9.57. The fraction of sp³-hybridized carbons (Fsp3) is 0.667. The Balaban J connectivity index is 1.43. The number of hydrogen-bond donors (Lipinski definition) is 1. The molecule has 1 amide bonds. The molecule has 0 saturated heterocycles. The molecule has 1 aromatic rings. The molecule has 0 radical (unpaired) electrons. The van der Waals surface area contributed by atoms with Crippen LogP contribution in [0.15, 0.2) is 24.3 Å². The summed E-state index contributed by atoms with van der Waals surface area (Å²) in [6.45, 7) is 2.22. The molecule has 2 nitrogen and oxygen atoms in total. The molecule has 4 aliphatic carbocycles. The first-order chi connectivity index (χ1) is 11.2. The Bertz CT molecular complexity index is 539. The first kappa shape index (κ1) is 15.2. The molecule has 4 bridgehead atoms. The summed E-state index contributed by atoms with van der Waals surface area (Å²) < 4.78 is 0. The Morgan fingerprint density at radius 1 is 1.04 bits per heavy atom. The zero-order valence-electron chi connectivity index (χ0n) is 14.3. The maximum Gasteiger partial charge on any atom is 0.230 e. The summed E-state index contributed by atoms with van der Waals surface area (Å²) in [6, 6.07) is 8.52. The molecule has 4 fully saturated rings. The second-order valence-electron chi connectivity index (χ2n) is 8.45. The molecule has 0 heterocycles. The van der Waals surface area contributed by atoms with E-state index < -0.39 is 0 Å². The molecule has 0 aliphatic heterocycles. The van der Waals surface area contributed by atoms with Crippen molar-refractivity contribution in [2.24, 2.45) is 23.2 Å². The molecule has 0 unspecified atom stereocenters. The number of nitrogens with one attached hydrogen (secondary N) is 1. The third-order valence-corrected chi connectivity index (χ3v) is 6.55. The highest BCUT2D eigenvalue weighted by atomic mass is 16.2. The van der Waals surface area contributed by atoms with Crippen LogP contribution in [-0.4, -0.2) is 5.91 Å². The predicted molar refractivity (Wildman–Crippen MR) is 94.3 cm³/mol. The summed E-state index contributed by atoms with van der Waals surface area (Å²) in [5, 5.41) is 3.24. The Morgan fingerprint density at radius 3 is 2.13 bits per heavy atom. The van der Waals surface area contributed by atoms with E-state index in [4.69, 9.17) is 0 Å². The molecule has 0 spiro atoms. The second-order valence-corrected chi connectivity index (χ2v) is 8.45. The summed E-state index contributed by atoms with van der Waals surface area (Å²) >= 11 is 0. The van der Waals surface area contributed by atoms with E-state index in [1.54, 1.807) is 0 Å². The standard InChI is InChI=1S/C21H29NO/c1-2-3-4-15-5-7-19(8-6-15)22-20(23)21-12-16-9-17(13-21)11-18(10-16)14-21/h5-8,16-18H,2-4,9-14H2,1H3,(H,22,23). The van der Waals surface area contributed by atoms with E-state index in [0.717, 1.165) is 49.1 Å². The molecule has 5 rings (SSSR count). The molecule has 1 aromatic carbocycles. The van der Waals surface area contributed by atoms with Crippen LogP contribution in [0.4, 0.5) is 5.69 Å². The Labute approximate surface area is 140 Å².